The molecule has 0 saturated heterocycles. The zero-order valence-corrected chi connectivity index (χ0v) is 9.41. The maximum absolute atomic E-state index is 11.3. The first-order valence-corrected chi connectivity index (χ1v) is 5.77. The first-order valence-electron chi connectivity index (χ1n) is 5.77. The quantitative estimate of drug-likeness (QED) is 0.591. The lowest BCUT2D eigenvalue weighted by molar-refractivity contribution is 0.354. The summed E-state index contributed by atoms with van der Waals surface area (Å²) in [5.74, 6) is 0.113. The summed E-state index contributed by atoms with van der Waals surface area (Å²) in [7, 11) is 0. The summed E-state index contributed by atoms with van der Waals surface area (Å²) in [6, 6.07) is 7.15. The maximum atomic E-state index is 11.3. The Bertz CT molecular complexity index is 302. The van der Waals surface area contributed by atoms with Crippen LogP contribution in [0.3, 0.4) is 0 Å². The van der Waals surface area contributed by atoms with Gasteiger partial charge in [0.15, 0.2) is 5.75 Å². The van der Waals surface area contributed by atoms with Gasteiger partial charge in [0.05, 0.1) is 0 Å². The van der Waals surface area contributed by atoms with Crippen LogP contribution in [0.15, 0.2) is 30.3 Å². The van der Waals surface area contributed by atoms with Crippen LogP contribution in [0.4, 0.5) is 0 Å². The van der Waals surface area contributed by atoms with Gasteiger partial charge in [-0.3, -0.25) is 5.11 Å². The zero-order valence-electron chi connectivity index (χ0n) is 9.41. The van der Waals surface area contributed by atoms with E-state index in [0.717, 1.165) is 12.0 Å². The summed E-state index contributed by atoms with van der Waals surface area (Å²) >= 11 is 0. The number of unbranched alkanes of at least 4 members (excludes halogenated alkanes) is 4. The van der Waals surface area contributed by atoms with E-state index in [2.05, 4.69) is 13.0 Å². The summed E-state index contributed by atoms with van der Waals surface area (Å²) in [4.78, 5) is 0. The van der Waals surface area contributed by atoms with Crippen molar-refractivity contribution in [3.8, 4) is 5.75 Å². The highest BCUT2D eigenvalue weighted by molar-refractivity contribution is 5.56. The van der Waals surface area contributed by atoms with Gasteiger partial charge in [-0.1, -0.05) is 56.5 Å². The third-order valence-corrected chi connectivity index (χ3v) is 2.44. The summed E-state index contributed by atoms with van der Waals surface area (Å²) in [6.07, 6.45) is 10.2. The number of hydrogen-bond acceptors (Lipinski definition) is 0. The van der Waals surface area contributed by atoms with Crippen molar-refractivity contribution in [1.82, 2.24) is 0 Å². The van der Waals surface area contributed by atoms with Gasteiger partial charge in [0.25, 0.3) is 0 Å². The molecule has 1 rings (SSSR count). The smallest absolute Gasteiger partial charge is 0.185 e. The molecule has 0 heterocycles. The van der Waals surface area contributed by atoms with E-state index in [1.165, 1.54) is 25.7 Å². The largest absolute Gasteiger partial charge is 0.289 e. The Morgan fingerprint density at radius 2 is 1.93 bits per heavy atom. The normalized spacial score (nSPS) is 11.0. The first kappa shape index (κ1) is 11.8. The fourth-order valence-corrected chi connectivity index (χ4v) is 1.52. The maximum Gasteiger partial charge on any atom is 0.185 e. The standard InChI is InChI=1S/C14H19O/c1-2-3-4-5-6-7-10-13-11-8-9-12-14(13)15/h7-12H,2-6H2,1H3. The molecule has 1 nitrogen and oxygen atoms in total. The van der Waals surface area contributed by atoms with E-state index in [9.17, 15) is 5.11 Å². The Labute approximate surface area is 92.5 Å². The molecule has 81 valence electrons. The number of allylic oxidation sites excluding steroid dienone is 1. The Morgan fingerprint density at radius 3 is 2.67 bits per heavy atom. The third kappa shape index (κ3) is 4.68. The molecule has 0 unspecified atom stereocenters. The van der Waals surface area contributed by atoms with Crippen molar-refractivity contribution in [2.75, 3.05) is 0 Å². The molecule has 0 atom stereocenters. The lowest BCUT2D eigenvalue weighted by Gasteiger charge is -1.96. The lowest BCUT2D eigenvalue weighted by Crippen LogP contribution is -1.75. The van der Waals surface area contributed by atoms with Crippen molar-refractivity contribution in [1.29, 1.82) is 0 Å². The van der Waals surface area contributed by atoms with Crippen LogP contribution in [0.2, 0.25) is 0 Å². The molecule has 0 aromatic heterocycles. The van der Waals surface area contributed by atoms with E-state index in [0.29, 0.717) is 0 Å². The van der Waals surface area contributed by atoms with E-state index >= 15 is 0 Å². The number of rotatable bonds is 6. The summed E-state index contributed by atoms with van der Waals surface area (Å²) < 4.78 is 0. The van der Waals surface area contributed by atoms with Crippen LogP contribution in [-0.2, 0) is 5.11 Å². The molecule has 0 aliphatic rings. The van der Waals surface area contributed by atoms with Gasteiger partial charge in [0.1, 0.15) is 0 Å². The molecule has 1 heteroatoms. The van der Waals surface area contributed by atoms with Crippen LogP contribution in [0.25, 0.3) is 6.08 Å². The average molecular weight is 203 g/mol. The van der Waals surface area contributed by atoms with Crippen molar-refractivity contribution in [3.05, 3.63) is 35.9 Å². The van der Waals surface area contributed by atoms with E-state index < -0.39 is 0 Å². The second-order valence-electron chi connectivity index (χ2n) is 3.79. The molecule has 15 heavy (non-hydrogen) atoms. The highest BCUT2D eigenvalue weighted by Gasteiger charge is 1.95. The van der Waals surface area contributed by atoms with Crippen LogP contribution in [-0.4, -0.2) is 0 Å². The Balaban J connectivity index is 2.29. The van der Waals surface area contributed by atoms with Gasteiger partial charge in [-0.05, 0) is 18.9 Å². The minimum absolute atomic E-state index is 0.113. The van der Waals surface area contributed by atoms with Gasteiger partial charge in [-0.2, -0.15) is 0 Å². The Hall–Kier alpha value is -1.24. The van der Waals surface area contributed by atoms with Crippen LogP contribution in [0.1, 0.15) is 44.6 Å². The predicted octanol–water partition coefficient (Wildman–Crippen LogP) is 4.81. The molecule has 1 aromatic carbocycles. The van der Waals surface area contributed by atoms with Crippen LogP contribution in [0.5, 0.6) is 5.75 Å². The summed E-state index contributed by atoms with van der Waals surface area (Å²) in [5.41, 5.74) is 0.799. The second-order valence-corrected chi connectivity index (χ2v) is 3.79. The average Bonchev–Trinajstić information content (AvgIpc) is 2.25. The molecule has 1 aromatic rings. The minimum atomic E-state index is 0.113. The number of hydrogen-bond donors (Lipinski definition) is 0. The molecule has 0 bridgehead atoms. The Kier molecular flexibility index (Phi) is 5.60. The SMILES string of the molecule is CCCCCCC=Cc1ccccc1[O]. The van der Waals surface area contributed by atoms with E-state index in [4.69, 9.17) is 0 Å². The van der Waals surface area contributed by atoms with E-state index in [1.807, 2.05) is 18.2 Å². The zero-order chi connectivity index (χ0) is 10.9. The van der Waals surface area contributed by atoms with Crippen molar-refractivity contribution in [3.63, 3.8) is 0 Å². The van der Waals surface area contributed by atoms with Crippen molar-refractivity contribution in [2.24, 2.45) is 0 Å². The highest BCUT2D eigenvalue weighted by Crippen LogP contribution is 2.18. The van der Waals surface area contributed by atoms with Crippen molar-refractivity contribution >= 4 is 6.08 Å². The fourth-order valence-electron chi connectivity index (χ4n) is 1.52. The van der Waals surface area contributed by atoms with Crippen molar-refractivity contribution < 1.29 is 5.11 Å². The van der Waals surface area contributed by atoms with Crippen LogP contribution < -0.4 is 0 Å². The van der Waals surface area contributed by atoms with Gasteiger partial charge in [-0.15, -0.1) is 0 Å². The number of benzene rings is 1. The van der Waals surface area contributed by atoms with E-state index in [1.54, 1.807) is 12.1 Å². The molecular weight excluding hydrogens is 184 g/mol. The first-order chi connectivity index (χ1) is 7.34. The molecule has 0 aliphatic carbocycles. The molecule has 1 radical (unpaired) electrons. The number of para-hydroxylation sites is 1. The molecule has 0 aliphatic heterocycles. The van der Waals surface area contributed by atoms with Gasteiger partial charge in [-0.25, -0.2) is 0 Å². The second kappa shape index (κ2) is 7.10. The topological polar surface area (TPSA) is 19.9 Å². The molecule has 0 N–H and O–H groups in total. The van der Waals surface area contributed by atoms with Crippen LogP contribution in [0, 0.1) is 0 Å². The molecular formula is C14H19O. The summed E-state index contributed by atoms with van der Waals surface area (Å²) in [5, 5.41) is 11.3. The molecule has 0 saturated carbocycles. The fraction of sp³-hybridized carbons (Fsp3) is 0.429. The Morgan fingerprint density at radius 1 is 1.13 bits per heavy atom. The minimum Gasteiger partial charge on any atom is -0.289 e. The van der Waals surface area contributed by atoms with Gasteiger partial charge >= 0.3 is 0 Å². The predicted molar refractivity (Wildman–Crippen MR) is 64.4 cm³/mol. The lowest BCUT2D eigenvalue weighted by atomic mass is 10.1. The molecule has 0 fully saturated rings. The van der Waals surface area contributed by atoms with E-state index in [-0.39, 0.29) is 5.75 Å². The summed E-state index contributed by atoms with van der Waals surface area (Å²) in [6.45, 7) is 2.21. The molecule has 0 amide bonds. The molecule has 0 spiro atoms. The van der Waals surface area contributed by atoms with Crippen molar-refractivity contribution in [2.45, 2.75) is 39.0 Å². The third-order valence-electron chi connectivity index (χ3n) is 2.44. The highest BCUT2D eigenvalue weighted by atomic mass is 16.3. The van der Waals surface area contributed by atoms with Gasteiger partial charge in [0.2, 0.25) is 0 Å². The van der Waals surface area contributed by atoms with Gasteiger partial charge < -0.3 is 0 Å². The van der Waals surface area contributed by atoms with Gasteiger partial charge in [0, 0.05) is 5.56 Å². The monoisotopic (exact) mass is 203 g/mol. The van der Waals surface area contributed by atoms with Crippen LogP contribution >= 0.6 is 0 Å².